The average Bonchev–Trinajstić information content (AvgIpc) is 3.31. The van der Waals surface area contributed by atoms with Crippen LogP contribution >= 0.6 is 0 Å². The van der Waals surface area contributed by atoms with Crippen molar-refractivity contribution >= 4 is 5.97 Å². The van der Waals surface area contributed by atoms with Crippen LogP contribution in [0.4, 0.5) is 0 Å². The number of carbonyl (C=O) groups is 1. The number of methoxy groups -OCH3 is 1. The van der Waals surface area contributed by atoms with Crippen molar-refractivity contribution < 1.29 is 9.53 Å². The van der Waals surface area contributed by atoms with Crippen molar-refractivity contribution in [3.05, 3.63) is 12.2 Å². The van der Waals surface area contributed by atoms with Gasteiger partial charge < -0.3 is 4.74 Å². The van der Waals surface area contributed by atoms with Crippen LogP contribution in [-0.4, -0.2) is 36.6 Å². The van der Waals surface area contributed by atoms with Gasteiger partial charge in [-0.25, -0.2) is 0 Å². The van der Waals surface area contributed by atoms with Crippen LogP contribution in [-0.2, 0) is 9.53 Å². The fraction of sp³-hybridized carbons (Fsp3) is 0.870. The smallest absolute Gasteiger partial charge is 0.305 e. The Kier molecular flexibility index (Phi) is 2.96. The highest BCUT2D eigenvalue weighted by Gasteiger charge is 2.82. The molecule has 3 nitrogen and oxygen atoms in total. The topological polar surface area (TPSA) is 29.5 Å². The molecule has 0 aromatic heterocycles. The summed E-state index contributed by atoms with van der Waals surface area (Å²) in [4.78, 5) is 15.2. The van der Waals surface area contributed by atoms with Crippen molar-refractivity contribution in [3.63, 3.8) is 0 Å². The summed E-state index contributed by atoms with van der Waals surface area (Å²) in [5.74, 6) is 2.36. The Morgan fingerprint density at radius 1 is 1.23 bits per heavy atom. The zero-order chi connectivity index (χ0) is 17.9. The lowest BCUT2D eigenvalue weighted by Gasteiger charge is -2.76. The Labute approximate surface area is 157 Å². The van der Waals surface area contributed by atoms with E-state index in [0.717, 1.165) is 30.8 Å². The van der Waals surface area contributed by atoms with E-state index in [4.69, 9.17) is 4.74 Å². The van der Waals surface area contributed by atoms with Crippen LogP contribution in [0.15, 0.2) is 12.2 Å². The van der Waals surface area contributed by atoms with Gasteiger partial charge in [0.15, 0.2) is 0 Å². The quantitative estimate of drug-likeness (QED) is 0.562. The fourth-order valence-electron chi connectivity index (χ4n) is 10.3. The van der Waals surface area contributed by atoms with E-state index in [1.54, 1.807) is 7.11 Å². The van der Waals surface area contributed by atoms with E-state index in [-0.39, 0.29) is 5.97 Å². The van der Waals surface area contributed by atoms with Gasteiger partial charge in [0.05, 0.1) is 7.11 Å². The number of ether oxygens (including phenoxy) is 1. The molecule has 0 N–H and O–H groups in total. The van der Waals surface area contributed by atoms with Crippen LogP contribution in [0, 0.1) is 34.0 Å². The number of piperidine rings is 2. The number of nitrogens with zero attached hydrogens (tertiary/aromatic N) is 1. The average molecular weight is 356 g/mol. The SMILES string of the molecule is C=C1CN2C3C4CC[C@@]35CCC[C@H]5[C@@]3(CCC(=O)OC)C2C1CCC43C. The van der Waals surface area contributed by atoms with Crippen molar-refractivity contribution in [2.45, 2.75) is 76.8 Å². The van der Waals surface area contributed by atoms with Gasteiger partial charge in [0.1, 0.15) is 0 Å². The van der Waals surface area contributed by atoms with Gasteiger partial charge in [0.2, 0.25) is 0 Å². The molecule has 0 radical (unpaired) electrons. The lowest BCUT2D eigenvalue weighted by Crippen LogP contribution is -2.79. The second-order valence-corrected chi connectivity index (χ2v) is 10.7. The number of carbonyl (C=O) groups excluding carboxylic acids is 1. The van der Waals surface area contributed by atoms with Gasteiger partial charge in [0.25, 0.3) is 0 Å². The number of hydrogen-bond donors (Lipinski definition) is 0. The molecule has 8 atom stereocenters. The molecule has 0 amide bonds. The second kappa shape index (κ2) is 4.77. The Balaban J connectivity index is 1.57. The maximum Gasteiger partial charge on any atom is 0.305 e. The molecule has 0 aromatic rings. The van der Waals surface area contributed by atoms with Crippen molar-refractivity contribution in [1.82, 2.24) is 4.90 Å². The third kappa shape index (κ3) is 1.43. The monoisotopic (exact) mass is 355 g/mol. The maximum atomic E-state index is 12.2. The van der Waals surface area contributed by atoms with Gasteiger partial charge in [-0.2, -0.15) is 0 Å². The molecule has 3 saturated heterocycles. The minimum Gasteiger partial charge on any atom is -0.469 e. The van der Waals surface area contributed by atoms with E-state index < -0.39 is 0 Å². The molecule has 26 heavy (non-hydrogen) atoms. The third-order valence-electron chi connectivity index (χ3n) is 10.7. The van der Waals surface area contributed by atoms with E-state index in [0.29, 0.717) is 34.6 Å². The third-order valence-corrected chi connectivity index (χ3v) is 10.7. The molecule has 7 fully saturated rings. The summed E-state index contributed by atoms with van der Waals surface area (Å²) >= 11 is 0. The molecule has 142 valence electrons. The number of esters is 1. The molecule has 7 aliphatic rings. The molecule has 3 heterocycles. The molecule has 5 unspecified atom stereocenters. The summed E-state index contributed by atoms with van der Waals surface area (Å²) in [5, 5.41) is 0. The van der Waals surface area contributed by atoms with Crippen LogP contribution in [0.1, 0.15) is 64.7 Å². The van der Waals surface area contributed by atoms with E-state index in [9.17, 15) is 4.79 Å². The molecule has 3 heteroatoms. The standard InChI is InChI=1S/C23H33NO2/c1-14-13-24-19-15(14)6-10-21(2)16-7-11-22(20(16)24)9-4-5-17(22)23(19,21)12-8-18(25)26-3/h15-17,19-20H,1,4-13H2,2-3H3/t15?,16?,17-,19?,20?,21?,22-,23+/m1/s1. The van der Waals surface area contributed by atoms with Gasteiger partial charge >= 0.3 is 5.97 Å². The molecular weight excluding hydrogens is 322 g/mol. The predicted molar refractivity (Wildman–Crippen MR) is 100 cm³/mol. The van der Waals surface area contributed by atoms with Crippen LogP contribution in [0.25, 0.3) is 0 Å². The normalized spacial score (nSPS) is 56.1. The molecule has 3 aliphatic heterocycles. The van der Waals surface area contributed by atoms with Crippen LogP contribution in [0.5, 0.6) is 0 Å². The highest BCUT2D eigenvalue weighted by molar-refractivity contribution is 5.69. The molecule has 0 aromatic carbocycles. The first-order valence-electron chi connectivity index (χ1n) is 11.0. The highest BCUT2D eigenvalue weighted by Crippen LogP contribution is 2.83. The first-order valence-corrected chi connectivity index (χ1v) is 11.0. The zero-order valence-corrected chi connectivity index (χ0v) is 16.4. The number of rotatable bonds is 3. The largest absolute Gasteiger partial charge is 0.469 e. The number of hydrogen-bond acceptors (Lipinski definition) is 3. The second-order valence-electron chi connectivity index (χ2n) is 10.7. The molecular formula is C23H33NO2. The van der Waals surface area contributed by atoms with Gasteiger partial charge in [-0.3, -0.25) is 9.69 Å². The van der Waals surface area contributed by atoms with Gasteiger partial charge in [-0.05, 0) is 78.9 Å². The summed E-state index contributed by atoms with van der Waals surface area (Å²) in [6.45, 7) is 8.33. The molecule has 6 bridgehead atoms. The summed E-state index contributed by atoms with van der Waals surface area (Å²) in [5.41, 5.74) is 2.80. The minimum absolute atomic E-state index is 0.00527. The predicted octanol–water partition coefficient (Wildman–Crippen LogP) is 4.18. The Morgan fingerprint density at radius 2 is 2.08 bits per heavy atom. The Hall–Kier alpha value is -0.830. The van der Waals surface area contributed by atoms with Crippen molar-refractivity contribution in [2.24, 2.45) is 34.0 Å². The fourth-order valence-corrected chi connectivity index (χ4v) is 10.3. The summed E-state index contributed by atoms with van der Waals surface area (Å²) in [7, 11) is 1.55. The summed E-state index contributed by atoms with van der Waals surface area (Å²) in [6, 6.07) is 1.47. The van der Waals surface area contributed by atoms with Crippen molar-refractivity contribution in [3.8, 4) is 0 Å². The summed E-state index contributed by atoms with van der Waals surface area (Å²) in [6.07, 6.45) is 11.5. The van der Waals surface area contributed by atoms with Crippen LogP contribution in [0.2, 0.25) is 0 Å². The van der Waals surface area contributed by atoms with E-state index in [1.807, 2.05) is 0 Å². The molecule has 1 spiro atoms. The minimum atomic E-state index is -0.00527. The maximum absolute atomic E-state index is 12.2. The zero-order valence-electron chi connectivity index (χ0n) is 16.4. The molecule has 7 rings (SSSR count). The van der Waals surface area contributed by atoms with Gasteiger partial charge in [-0.1, -0.05) is 25.5 Å². The van der Waals surface area contributed by atoms with Gasteiger partial charge in [0, 0.05) is 25.0 Å². The van der Waals surface area contributed by atoms with Crippen LogP contribution in [0.3, 0.4) is 0 Å². The van der Waals surface area contributed by atoms with Crippen molar-refractivity contribution in [2.75, 3.05) is 13.7 Å². The molecule has 4 aliphatic carbocycles. The Morgan fingerprint density at radius 3 is 2.88 bits per heavy atom. The Bertz CT molecular complexity index is 702. The van der Waals surface area contributed by atoms with E-state index >= 15 is 0 Å². The van der Waals surface area contributed by atoms with E-state index in [2.05, 4.69) is 18.4 Å². The van der Waals surface area contributed by atoms with Crippen molar-refractivity contribution in [1.29, 1.82) is 0 Å². The first kappa shape index (κ1) is 16.2. The lowest BCUT2D eigenvalue weighted by molar-refractivity contribution is -0.282. The van der Waals surface area contributed by atoms with Crippen LogP contribution < -0.4 is 0 Å². The highest BCUT2D eigenvalue weighted by atomic mass is 16.5. The molecule has 4 saturated carbocycles. The first-order chi connectivity index (χ1) is 12.5. The van der Waals surface area contributed by atoms with Gasteiger partial charge in [-0.15, -0.1) is 0 Å². The lowest BCUT2D eigenvalue weighted by atomic mass is 9.34. The van der Waals surface area contributed by atoms with E-state index in [1.165, 1.54) is 50.5 Å². The summed E-state index contributed by atoms with van der Waals surface area (Å²) < 4.78 is 5.10.